The lowest BCUT2D eigenvalue weighted by Gasteiger charge is -2.26. The number of carbonyl (C=O) groups is 1. The van der Waals surface area contributed by atoms with E-state index in [4.69, 9.17) is 5.26 Å². The van der Waals surface area contributed by atoms with Crippen LogP contribution in [0.15, 0.2) is 54.9 Å². The first-order chi connectivity index (χ1) is 16.3. The van der Waals surface area contributed by atoms with Crippen molar-refractivity contribution in [1.29, 1.82) is 5.26 Å². The summed E-state index contributed by atoms with van der Waals surface area (Å²) in [6.07, 6.45) is -0.0389. The third-order valence-corrected chi connectivity index (χ3v) is 5.57. The Morgan fingerprint density at radius 3 is 2.68 bits per heavy atom. The van der Waals surface area contributed by atoms with E-state index in [-0.39, 0.29) is 17.4 Å². The average Bonchev–Trinajstić information content (AvgIpc) is 3.34. The van der Waals surface area contributed by atoms with Crippen molar-refractivity contribution < 1.29 is 18.0 Å². The number of hydrogen-bond donors (Lipinski definition) is 1. The van der Waals surface area contributed by atoms with Gasteiger partial charge in [0.1, 0.15) is 11.9 Å². The second-order valence-corrected chi connectivity index (χ2v) is 7.88. The molecule has 0 aliphatic carbocycles. The first-order valence-corrected chi connectivity index (χ1v) is 10.8. The molecule has 10 heteroatoms. The number of halogens is 3. The molecule has 1 atom stereocenters. The van der Waals surface area contributed by atoms with Crippen molar-refractivity contribution in [3.8, 4) is 17.3 Å². The van der Waals surface area contributed by atoms with E-state index in [9.17, 15) is 18.0 Å². The van der Waals surface area contributed by atoms with Gasteiger partial charge in [0.05, 0.1) is 17.3 Å². The molecule has 1 aromatic carbocycles. The number of rotatable bonds is 6. The fraction of sp³-hybridized carbons (Fsp3) is 0.292. The first kappa shape index (κ1) is 23.2. The zero-order valence-electron chi connectivity index (χ0n) is 18.1. The van der Waals surface area contributed by atoms with E-state index < -0.39 is 18.0 Å². The van der Waals surface area contributed by atoms with Gasteiger partial charge in [-0.15, -0.1) is 0 Å². The first-order valence-electron chi connectivity index (χ1n) is 10.8. The maximum Gasteiger partial charge on any atom is 0.451 e. The monoisotopic (exact) mass is 466 g/mol. The van der Waals surface area contributed by atoms with Gasteiger partial charge in [-0.25, -0.2) is 9.97 Å². The van der Waals surface area contributed by atoms with E-state index in [1.54, 1.807) is 29.2 Å². The predicted molar refractivity (Wildman–Crippen MR) is 119 cm³/mol. The van der Waals surface area contributed by atoms with Crippen molar-refractivity contribution >= 4 is 11.7 Å². The van der Waals surface area contributed by atoms with Gasteiger partial charge in [-0.05, 0) is 49.1 Å². The molecular formula is C24H21F3N6O. The lowest BCUT2D eigenvalue weighted by molar-refractivity contribution is -0.144. The molecule has 7 nitrogen and oxygen atoms in total. The molecule has 1 fully saturated rings. The lowest BCUT2D eigenvalue weighted by atomic mass is 10.1. The molecular weight excluding hydrogens is 445 g/mol. The number of hydrogen-bond acceptors (Lipinski definition) is 6. The van der Waals surface area contributed by atoms with E-state index in [0.29, 0.717) is 43.5 Å². The fourth-order valence-electron chi connectivity index (χ4n) is 3.88. The van der Waals surface area contributed by atoms with Crippen molar-refractivity contribution in [3.05, 3.63) is 71.8 Å². The number of nitrogens with zero attached hydrogens (tertiary/aromatic N) is 5. The van der Waals surface area contributed by atoms with Gasteiger partial charge >= 0.3 is 6.18 Å². The summed E-state index contributed by atoms with van der Waals surface area (Å²) in [6, 6.07) is 13.2. The number of carbonyl (C=O) groups excluding carboxylic acids is 1. The van der Waals surface area contributed by atoms with Crippen molar-refractivity contribution in [2.45, 2.75) is 31.5 Å². The molecule has 1 amide bonds. The number of aromatic nitrogens is 3. The van der Waals surface area contributed by atoms with E-state index in [0.717, 1.165) is 5.56 Å². The fourth-order valence-corrected chi connectivity index (χ4v) is 3.88. The third kappa shape index (κ3) is 5.31. The van der Waals surface area contributed by atoms with Gasteiger partial charge in [-0.3, -0.25) is 9.78 Å². The van der Waals surface area contributed by atoms with Crippen LogP contribution in [0.5, 0.6) is 0 Å². The standard InChI is InChI=1S/C24H21F3N6O/c25-24(26,27)23-31-19(18-3-1-10-29-15-18)13-21(32-23)33-12-2-4-20(33)22(34)30-11-9-16-5-7-17(14-28)8-6-16/h1,3,5-8,10,13,15,20H,2,4,9,11-12H2,(H,30,34). The highest BCUT2D eigenvalue weighted by Gasteiger charge is 2.38. The molecule has 3 aromatic rings. The molecule has 0 radical (unpaired) electrons. The smallest absolute Gasteiger partial charge is 0.354 e. The molecule has 0 bridgehead atoms. The Bertz CT molecular complexity index is 1190. The maximum absolute atomic E-state index is 13.5. The highest BCUT2D eigenvalue weighted by molar-refractivity contribution is 5.85. The van der Waals surface area contributed by atoms with Gasteiger partial charge in [-0.2, -0.15) is 18.4 Å². The molecule has 0 spiro atoms. The molecule has 174 valence electrons. The van der Waals surface area contributed by atoms with Crippen LogP contribution in [0, 0.1) is 11.3 Å². The minimum Gasteiger partial charge on any atom is -0.354 e. The zero-order chi connectivity index (χ0) is 24.1. The summed E-state index contributed by atoms with van der Waals surface area (Å²) in [4.78, 5) is 25.9. The van der Waals surface area contributed by atoms with Crippen LogP contribution in [0.1, 0.15) is 29.8 Å². The minimum atomic E-state index is -4.73. The topological polar surface area (TPSA) is 94.8 Å². The largest absolute Gasteiger partial charge is 0.451 e. The van der Waals surface area contributed by atoms with Crippen LogP contribution in [0.2, 0.25) is 0 Å². The van der Waals surface area contributed by atoms with Crippen LogP contribution >= 0.6 is 0 Å². The van der Waals surface area contributed by atoms with Crippen molar-refractivity contribution in [2.24, 2.45) is 0 Å². The Kier molecular flexibility index (Phi) is 6.72. The molecule has 1 unspecified atom stereocenters. The zero-order valence-corrected chi connectivity index (χ0v) is 18.1. The van der Waals surface area contributed by atoms with E-state index in [2.05, 4.69) is 26.3 Å². The normalized spacial score (nSPS) is 15.7. The number of anilines is 1. The van der Waals surface area contributed by atoms with E-state index >= 15 is 0 Å². The summed E-state index contributed by atoms with van der Waals surface area (Å²) < 4.78 is 40.6. The number of alkyl halides is 3. The summed E-state index contributed by atoms with van der Waals surface area (Å²) in [7, 11) is 0. The quantitative estimate of drug-likeness (QED) is 0.595. The Morgan fingerprint density at radius 2 is 2.00 bits per heavy atom. The second kappa shape index (κ2) is 9.87. The van der Waals surface area contributed by atoms with Crippen LogP contribution in [0.3, 0.4) is 0 Å². The van der Waals surface area contributed by atoms with E-state index in [1.165, 1.54) is 18.5 Å². The van der Waals surface area contributed by atoms with Gasteiger partial charge in [0.25, 0.3) is 0 Å². The number of nitrogens with one attached hydrogen (secondary N) is 1. The molecule has 4 rings (SSSR count). The molecule has 2 aromatic heterocycles. The molecule has 3 heterocycles. The molecule has 1 saturated heterocycles. The SMILES string of the molecule is N#Cc1ccc(CCNC(=O)C2CCCN2c2cc(-c3cccnc3)nc(C(F)(F)F)n2)cc1. The Hall–Kier alpha value is -4.00. The van der Waals surface area contributed by atoms with Crippen LogP contribution in [0.4, 0.5) is 19.0 Å². The Morgan fingerprint density at radius 1 is 1.21 bits per heavy atom. The number of pyridine rings is 1. The van der Waals surface area contributed by atoms with Crippen molar-refractivity contribution in [1.82, 2.24) is 20.3 Å². The molecule has 0 saturated carbocycles. The van der Waals surface area contributed by atoms with Gasteiger partial charge in [0.15, 0.2) is 0 Å². The summed E-state index contributed by atoms with van der Waals surface area (Å²) in [5.74, 6) is -1.46. The van der Waals surface area contributed by atoms with Gasteiger partial charge in [0, 0.05) is 37.1 Å². The van der Waals surface area contributed by atoms with Crippen molar-refractivity contribution in [2.75, 3.05) is 18.0 Å². The van der Waals surface area contributed by atoms with Crippen molar-refractivity contribution in [3.63, 3.8) is 0 Å². The summed E-state index contributed by atoms with van der Waals surface area (Å²) in [5.41, 5.74) is 2.05. The summed E-state index contributed by atoms with van der Waals surface area (Å²) in [5, 5.41) is 11.7. The van der Waals surface area contributed by atoms with E-state index in [1.807, 2.05) is 12.1 Å². The Balaban J connectivity index is 1.51. The third-order valence-electron chi connectivity index (χ3n) is 5.57. The van der Waals surface area contributed by atoms with Gasteiger partial charge in [-0.1, -0.05) is 12.1 Å². The van der Waals surface area contributed by atoms with Crippen LogP contribution in [-0.4, -0.2) is 40.0 Å². The number of benzene rings is 1. The summed E-state index contributed by atoms with van der Waals surface area (Å²) in [6.45, 7) is 0.780. The van der Waals surface area contributed by atoms with Gasteiger partial charge in [0.2, 0.25) is 11.7 Å². The molecule has 1 aliphatic rings. The number of amides is 1. The van der Waals surface area contributed by atoms with Gasteiger partial charge < -0.3 is 10.2 Å². The second-order valence-electron chi connectivity index (χ2n) is 7.88. The van der Waals surface area contributed by atoms with Crippen LogP contribution < -0.4 is 10.2 Å². The average molecular weight is 466 g/mol. The molecule has 1 aliphatic heterocycles. The minimum absolute atomic E-state index is 0.0610. The highest BCUT2D eigenvalue weighted by Crippen LogP contribution is 2.33. The highest BCUT2D eigenvalue weighted by atomic mass is 19.4. The predicted octanol–water partition coefficient (Wildman–Crippen LogP) is 3.76. The Labute approximate surface area is 194 Å². The summed E-state index contributed by atoms with van der Waals surface area (Å²) >= 11 is 0. The maximum atomic E-state index is 13.5. The number of nitriles is 1. The van der Waals surface area contributed by atoms with Crippen LogP contribution in [0.25, 0.3) is 11.3 Å². The molecule has 1 N–H and O–H groups in total. The van der Waals surface area contributed by atoms with Crippen LogP contribution in [-0.2, 0) is 17.4 Å². The lowest BCUT2D eigenvalue weighted by Crippen LogP contribution is -2.44. The molecule has 34 heavy (non-hydrogen) atoms.